The highest BCUT2D eigenvalue weighted by atomic mass is 16.4. The van der Waals surface area contributed by atoms with Gasteiger partial charge in [-0.05, 0) is 31.4 Å². The first-order valence-corrected chi connectivity index (χ1v) is 12.2. The number of aliphatic carboxylic acids is 1. The van der Waals surface area contributed by atoms with Crippen molar-refractivity contribution in [2.75, 3.05) is 6.54 Å². The van der Waals surface area contributed by atoms with Gasteiger partial charge >= 0.3 is 5.97 Å². The molecule has 3 heterocycles. The zero-order chi connectivity index (χ0) is 26.5. The fourth-order valence-electron chi connectivity index (χ4n) is 4.61. The number of hydrogen-bond acceptors (Lipinski definition) is 6. The Bertz CT molecular complexity index is 1270. The van der Waals surface area contributed by atoms with E-state index in [0.29, 0.717) is 25.1 Å². The number of carboxylic acids is 1. The quantitative estimate of drug-likeness (QED) is 0.223. The third-order valence-electron chi connectivity index (χ3n) is 6.56. The fourth-order valence-corrected chi connectivity index (χ4v) is 4.61. The number of H-pyrrole nitrogens is 2. The second-order valence-electron chi connectivity index (χ2n) is 9.28. The summed E-state index contributed by atoms with van der Waals surface area (Å²) in [6, 6.07) is 3.69. The van der Waals surface area contributed by atoms with Gasteiger partial charge in [0.2, 0.25) is 17.7 Å². The van der Waals surface area contributed by atoms with Gasteiger partial charge in [-0.2, -0.15) is 0 Å². The molecule has 12 nitrogen and oxygen atoms in total. The number of carbonyl (C=O) groups excluding carboxylic acids is 3. The topological polar surface area (TPSA) is 186 Å². The second kappa shape index (κ2) is 11.2. The maximum Gasteiger partial charge on any atom is 0.326 e. The van der Waals surface area contributed by atoms with Gasteiger partial charge in [0.05, 0.1) is 12.4 Å². The molecule has 12 heteroatoms. The zero-order valence-corrected chi connectivity index (χ0v) is 20.4. The smallest absolute Gasteiger partial charge is 0.326 e. The predicted molar refractivity (Wildman–Crippen MR) is 134 cm³/mol. The molecule has 0 radical (unpaired) electrons. The molecule has 7 N–H and O–H groups in total. The van der Waals surface area contributed by atoms with E-state index < -0.39 is 47.9 Å². The number of fused-ring (bicyclic) bond motifs is 1. The van der Waals surface area contributed by atoms with Crippen molar-refractivity contribution in [2.24, 2.45) is 5.73 Å². The number of aromatic nitrogens is 3. The Morgan fingerprint density at radius 1 is 1.16 bits per heavy atom. The summed E-state index contributed by atoms with van der Waals surface area (Å²) in [5, 5.41) is 16.0. The first-order valence-electron chi connectivity index (χ1n) is 12.2. The predicted octanol–water partition coefficient (Wildman–Crippen LogP) is 0.0686. The highest BCUT2D eigenvalue weighted by Crippen LogP contribution is 2.22. The van der Waals surface area contributed by atoms with Crippen LogP contribution in [0.2, 0.25) is 0 Å². The number of nitrogens with two attached hydrogens (primary N) is 1. The molecule has 3 aromatic rings. The van der Waals surface area contributed by atoms with Gasteiger partial charge in [0, 0.05) is 48.4 Å². The molecule has 4 unspecified atom stereocenters. The summed E-state index contributed by atoms with van der Waals surface area (Å²) < 4.78 is 0. The number of hydrogen-bond donors (Lipinski definition) is 6. The third-order valence-corrected chi connectivity index (χ3v) is 6.56. The van der Waals surface area contributed by atoms with Crippen molar-refractivity contribution < 1.29 is 24.3 Å². The normalized spacial score (nSPS) is 17.8. The Hall–Kier alpha value is -4.19. The molecule has 0 bridgehead atoms. The van der Waals surface area contributed by atoms with Crippen LogP contribution in [-0.4, -0.2) is 79.4 Å². The molecule has 1 aliphatic rings. The number of carbonyl (C=O) groups is 4. The molecule has 3 amide bonds. The lowest BCUT2D eigenvalue weighted by atomic mass is 10.0. The summed E-state index contributed by atoms with van der Waals surface area (Å²) in [5.41, 5.74) is 7.95. The number of carboxylic acid groups (broad SMARTS) is 1. The molecular formula is C25H31N7O5. The minimum Gasteiger partial charge on any atom is -0.480 e. The molecular weight excluding hydrogens is 478 g/mol. The van der Waals surface area contributed by atoms with E-state index in [1.165, 1.54) is 18.2 Å². The van der Waals surface area contributed by atoms with Gasteiger partial charge < -0.3 is 36.3 Å². The van der Waals surface area contributed by atoms with E-state index >= 15 is 0 Å². The van der Waals surface area contributed by atoms with Crippen molar-refractivity contribution in [1.82, 2.24) is 30.5 Å². The van der Waals surface area contributed by atoms with E-state index in [1.807, 2.05) is 24.3 Å². The van der Waals surface area contributed by atoms with Gasteiger partial charge in [0.1, 0.15) is 18.1 Å². The van der Waals surface area contributed by atoms with Crippen molar-refractivity contribution in [2.45, 2.75) is 56.8 Å². The van der Waals surface area contributed by atoms with Crippen LogP contribution in [0.25, 0.3) is 10.9 Å². The highest BCUT2D eigenvalue weighted by Gasteiger charge is 2.39. The first-order chi connectivity index (χ1) is 17.7. The minimum absolute atomic E-state index is 0.0820. The summed E-state index contributed by atoms with van der Waals surface area (Å²) in [7, 11) is 0. The largest absolute Gasteiger partial charge is 0.480 e. The van der Waals surface area contributed by atoms with Crippen LogP contribution in [0.15, 0.2) is 43.0 Å². The molecule has 1 fully saturated rings. The van der Waals surface area contributed by atoms with Crippen molar-refractivity contribution in [3.05, 3.63) is 54.2 Å². The molecule has 0 aliphatic carbocycles. The fraction of sp³-hybridized carbons (Fsp3) is 0.400. The Balaban J connectivity index is 1.48. The van der Waals surface area contributed by atoms with E-state index in [1.54, 1.807) is 12.4 Å². The molecule has 37 heavy (non-hydrogen) atoms. The number of nitrogens with zero attached hydrogens (tertiary/aromatic N) is 2. The number of nitrogens with one attached hydrogen (secondary N) is 4. The summed E-state index contributed by atoms with van der Waals surface area (Å²) in [5.74, 6) is -2.65. The van der Waals surface area contributed by atoms with E-state index in [-0.39, 0.29) is 12.8 Å². The van der Waals surface area contributed by atoms with Crippen LogP contribution in [-0.2, 0) is 32.0 Å². The van der Waals surface area contributed by atoms with Gasteiger partial charge in [0.25, 0.3) is 0 Å². The van der Waals surface area contributed by atoms with Crippen LogP contribution < -0.4 is 16.4 Å². The van der Waals surface area contributed by atoms with E-state index in [9.17, 15) is 24.3 Å². The summed E-state index contributed by atoms with van der Waals surface area (Å²) in [4.78, 5) is 62.4. The Morgan fingerprint density at radius 2 is 1.95 bits per heavy atom. The van der Waals surface area contributed by atoms with Gasteiger partial charge in [-0.25, -0.2) is 9.78 Å². The molecule has 1 saturated heterocycles. The van der Waals surface area contributed by atoms with Gasteiger partial charge in [-0.3, -0.25) is 14.4 Å². The van der Waals surface area contributed by atoms with Crippen molar-refractivity contribution in [3.8, 4) is 0 Å². The van der Waals surface area contributed by atoms with Crippen LogP contribution in [0.4, 0.5) is 0 Å². The Morgan fingerprint density at radius 3 is 2.65 bits per heavy atom. The third kappa shape index (κ3) is 5.97. The lowest BCUT2D eigenvalue weighted by Crippen LogP contribution is -2.57. The molecule has 0 saturated carbocycles. The summed E-state index contributed by atoms with van der Waals surface area (Å²) in [6.07, 6.45) is 5.93. The molecule has 4 rings (SSSR count). The van der Waals surface area contributed by atoms with E-state index in [4.69, 9.17) is 5.73 Å². The molecule has 196 valence electrons. The van der Waals surface area contributed by atoms with E-state index in [0.717, 1.165) is 16.5 Å². The summed E-state index contributed by atoms with van der Waals surface area (Å²) in [6.45, 7) is 1.82. The Labute approximate surface area is 213 Å². The van der Waals surface area contributed by atoms with Gasteiger partial charge in [-0.1, -0.05) is 18.2 Å². The maximum absolute atomic E-state index is 13.5. The molecule has 1 aliphatic heterocycles. The Kier molecular flexibility index (Phi) is 7.87. The van der Waals surface area contributed by atoms with Crippen LogP contribution in [0.1, 0.15) is 31.0 Å². The van der Waals surface area contributed by atoms with Gasteiger partial charge in [-0.15, -0.1) is 0 Å². The lowest BCUT2D eigenvalue weighted by Gasteiger charge is -2.29. The zero-order valence-electron chi connectivity index (χ0n) is 20.4. The maximum atomic E-state index is 13.5. The monoisotopic (exact) mass is 509 g/mol. The van der Waals surface area contributed by atoms with Crippen molar-refractivity contribution in [1.29, 1.82) is 0 Å². The number of benzene rings is 1. The number of aromatic amines is 2. The SMILES string of the molecule is CC(N)C(=O)NC(Cc1cnc[nH]1)C(=O)N1CCCC1C(=O)NC(Cc1c[nH]c2ccccc12)C(=O)O. The van der Waals surface area contributed by atoms with Crippen LogP contribution >= 0.6 is 0 Å². The molecule has 0 spiro atoms. The second-order valence-corrected chi connectivity index (χ2v) is 9.28. The average molecular weight is 510 g/mol. The number of amides is 3. The number of likely N-dealkylation sites (tertiary alicyclic amines) is 1. The number of rotatable bonds is 10. The first kappa shape index (κ1) is 25.9. The van der Waals surface area contributed by atoms with Crippen LogP contribution in [0, 0.1) is 0 Å². The molecule has 2 aromatic heterocycles. The molecule has 1 aromatic carbocycles. The average Bonchev–Trinajstić information content (AvgIpc) is 3.64. The van der Waals surface area contributed by atoms with Crippen LogP contribution in [0.3, 0.4) is 0 Å². The summed E-state index contributed by atoms with van der Waals surface area (Å²) >= 11 is 0. The highest BCUT2D eigenvalue weighted by molar-refractivity contribution is 5.95. The lowest BCUT2D eigenvalue weighted by molar-refractivity contribution is -0.144. The standard InChI is InChI=1S/C25H31N7O5/c1-14(26)22(33)30-19(10-16-12-27-13-29-16)24(35)32-8-4-7-21(32)23(34)31-20(25(36)37)9-15-11-28-18-6-3-2-5-17(15)18/h2-3,5-6,11-14,19-21,28H,4,7-10,26H2,1H3,(H,27,29)(H,30,33)(H,31,34)(H,36,37). The van der Waals surface area contributed by atoms with Crippen LogP contribution in [0.5, 0.6) is 0 Å². The number of para-hydroxylation sites is 1. The number of imidazole rings is 1. The molecule has 4 atom stereocenters. The van der Waals surface area contributed by atoms with E-state index in [2.05, 4.69) is 25.6 Å². The van der Waals surface area contributed by atoms with Crippen molar-refractivity contribution >= 4 is 34.6 Å². The minimum atomic E-state index is -1.18. The van der Waals surface area contributed by atoms with Gasteiger partial charge in [0.15, 0.2) is 0 Å². The van der Waals surface area contributed by atoms with Crippen molar-refractivity contribution in [3.63, 3.8) is 0 Å².